The molecule has 1 amide bonds. The Labute approximate surface area is 174 Å². The summed E-state index contributed by atoms with van der Waals surface area (Å²) in [4.78, 5) is 24.0. The van der Waals surface area contributed by atoms with E-state index in [1.165, 1.54) is 28.3 Å². The van der Waals surface area contributed by atoms with Crippen LogP contribution in [0.25, 0.3) is 0 Å². The van der Waals surface area contributed by atoms with Gasteiger partial charge in [0.2, 0.25) is 5.91 Å². The number of nitrogens with one attached hydrogen (secondary N) is 1. The van der Waals surface area contributed by atoms with Crippen molar-refractivity contribution in [3.05, 3.63) is 55.9 Å². The highest BCUT2D eigenvalue weighted by Crippen LogP contribution is 2.45. The van der Waals surface area contributed by atoms with Crippen molar-refractivity contribution >= 4 is 27.9 Å². The normalized spacial score (nSPS) is 16.0. The molecule has 0 fully saturated rings. The van der Waals surface area contributed by atoms with Crippen molar-refractivity contribution in [3.63, 3.8) is 0 Å². The molecule has 1 unspecified atom stereocenters. The number of amides is 1. The maximum atomic E-state index is 12.5. The summed E-state index contributed by atoms with van der Waals surface area (Å²) in [7, 11) is 0. The molecule has 152 valence electrons. The highest BCUT2D eigenvalue weighted by molar-refractivity contribution is 7.16. The van der Waals surface area contributed by atoms with E-state index in [9.17, 15) is 20.2 Å². The van der Waals surface area contributed by atoms with Crippen molar-refractivity contribution in [1.82, 2.24) is 0 Å². The Hall–Kier alpha value is -2.72. The first-order valence-corrected chi connectivity index (χ1v) is 10.6. The van der Waals surface area contributed by atoms with E-state index in [0.717, 1.165) is 31.2 Å². The number of carbonyl (C=O) groups excluding carboxylic acids is 1. The molecule has 3 rings (SSSR count). The molecular formula is C22H25N3O3S. The van der Waals surface area contributed by atoms with Crippen molar-refractivity contribution in [2.45, 2.75) is 52.9 Å². The molecule has 0 aliphatic heterocycles. The molecule has 1 atom stereocenters. The maximum absolute atomic E-state index is 12.5. The van der Waals surface area contributed by atoms with Gasteiger partial charge in [-0.1, -0.05) is 39.3 Å². The number of benzene rings is 1. The predicted octanol–water partition coefficient (Wildman–Crippen LogP) is 5.25. The predicted molar refractivity (Wildman–Crippen MR) is 114 cm³/mol. The summed E-state index contributed by atoms with van der Waals surface area (Å²) in [5.41, 5.74) is 2.63. The van der Waals surface area contributed by atoms with Crippen LogP contribution in [0.2, 0.25) is 0 Å². The van der Waals surface area contributed by atoms with E-state index in [1.807, 2.05) is 0 Å². The standard InChI is InChI=1S/C22H25N3O3S/c1-4-22(2,3)15-7-10-17-18(13-23)21(29-19(17)12-15)24-20(26)11-14-5-8-16(9-6-14)25(27)28/h5-6,8-9,15H,4,7,10-12H2,1-3H3,(H,24,26). The average Bonchev–Trinajstić information content (AvgIpc) is 3.04. The molecule has 2 aromatic rings. The van der Waals surface area contributed by atoms with Crippen LogP contribution in [0.5, 0.6) is 0 Å². The van der Waals surface area contributed by atoms with E-state index in [1.54, 1.807) is 12.1 Å². The Kier molecular flexibility index (Phi) is 6.04. The van der Waals surface area contributed by atoms with Gasteiger partial charge in [0.25, 0.3) is 5.69 Å². The molecule has 7 heteroatoms. The van der Waals surface area contributed by atoms with E-state index < -0.39 is 4.92 Å². The minimum atomic E-state index is -0.466. The van der Waals surface area contributed by atoms with Crippen LogP contribution in [0.15, 0.2) is 24.3 Å². The summed E-state index contributed by atoms with van der Waals surface area (Å²) in [5, 5.41) is 23.9. The molecule has 0 spiro atoms. The SMILES string of the molecule is CCC(C)(C)C1CCc2c(sc(NC(=O)Cc3ccc([N+](=O)[O-])cc3)c2C#N)C1. The van der Waals surface area contributed by atoms with E-state index >= 15 is 0 Å². The van der Waals surface area contributed by atoms with Crippen LogP contribution in [-0.2, 0) is 24.1 Å². The Morgan fingerprint density at radius 1 is 1.38 bits per heavy atom. The van der Waals surface area contributed by atoms with Crippen molar-refractivity contribution in [2.75, 3.05) is 5.32 Å². The van der Waals surface area contributed by atoms with Crippen molar-refractivity contribution < 1.29 is 9.72 Å². The smallest absolute Gasteiger partial charge is 0.269 e. The summed E-state index contributed by atoms with van der Waals surface area (Å²) in [6.07, 6.45) is 4.11. The van der Waals surface area contributed by atoms with Gasteiger partial charge >= 0.3 is 0 Å². The van der Waals surface area contributed by atoms with Crippen LogP contribution in [0.1, 0.15) is 55.2 Å². The van der Waals surface area contributed by atoms with Gasteiger partial charge in [-0.25, -0.2) is 0 Å². The number of nitrogens with zero attached hydrogens (tertiary/aromatic N) is 2. The van der Waals surface area contributed by atoms with Gasteiger partial charge < -0.3 is 5.32 Å². The third kappa shape index (κ3) is 4.48. The Balaban J connectivity index is 1.74. The number of hydrogen-bond donors (Lipinski definition) is 1. The monoisotopic (exact) mass is 411 g/mol. The fraction of sp³-hybridized carbons (Fsp3) is 0.455. The lowest BCUT2D eigenvalue weighted by molar-refractivity contribution is -0.384. The second-order valence-corrected chi connectivity index (χ2v) is 9.36. The van der Waals surface area contributed by atoms with Gasteiger partial charge in [-0.15, -0.1) is 11.3 Å². The molecule has 1 aromatic carbocycles. The summed E-state index contributed by atoms with van der Waals surface area (Å²) < 4.78 is 0. The molecule has 6 nitrogen and oxygen atoms in total. The number of nitro groups is 1. The summed E-state index contributed by atoms with van der Waals surface area (Å²) in [6.45, 7) is 6.82. The zero-order valence-corrected chi connectivity index (χ0v) is 17.8. The number of thiophene rings is 1. The number of fused-ring (bicyclic) bond motifs is 1. The number of anilines is 1. The first-order chi connectivity index (χ1) is 13.7. The zero-order chi connectivity index (χ0) is 21.2. The summed E-state index contributed by atoms with van der Waals surface area (Å²) in [5.74, 6) is 0.355. The van der Waals surface area contributed by atoms with Crippen LogP contribution in [0.4, 0.5) is 10.7 Å². The first-order valence-electron chi connectivity index (χ1n) is 9.83. The van der Waals surface area contributed by atoms with Gasteiger partial charge in [0.15, 0.2) is 0 Å². The van der Waals surface area contributed by atoms with Crippen molar-refractivity contribution in [1.29, 1.82) is 5.26 Å². The lowest BCUT2D eigenvalue weighted by Gasteiger charge is -2.36. The van der Waals surface area contributed by atoms with Crippen LogP contribution >= 0.6 is 11.3 Å². The van der Waals surface area contributed by atoms with Gasteiger partial charge in [0.05, 0.1) is 16.9 Å². The van der Waals surface area contributed by atoms with Gasteiger partial charge in [0, 0.05) is 17.0 Å². The van der Waals surface area contributed by atoms with Gasteiger partial charge in [-0.3, -0.25) is 14.9 Å². The third-order valence-electron chi connectivity index (χ3n) is 6.16. The molecule has 0 saturated carbocycles. The number of rotatable bonds is 6. The van der Waals surface area contributed by atoms with Gasteiger partial charge in [-0.2, -0.15) is 5.26 Å². The summed E-state index contributed by atoms with van der Waals surface area (Å²) >= 11 is 1.52. The third-order valence-corrected chi connectivity index (χ3v) is 7.33. The largest absolute Gasteiger partial charge is 0.316 e. The van der Waals surface area contributed by atoms with E-state index in [-0.39, 0.29) is 23.4 Å². The zero-order valence-electron chi connectivity index (χ0n) is 16.9. The highest BCUT2D eigenvalue weighted by atomic mass is 32.1. The second kappa shape index (κ2) is 8.34. The van der Waals surface area contributed by atoms with Crippen LogP contribution in [0.3, 0.4) is 0 Å². The molecule has 29 heavy (non-hydrogen) atoms. The number of hydrogen-bond acceptors (Lipinski definition) is 5. The van der Waals surface area contributed by atoms with Crippen LogP contribution in [0, 0.1) is 32.8 Å². The molecular weight excluding hydrogens is 386 g/mol. The maximum Gasteiger partial charge on any atom is 0.269 e. The number of carbonyl (C=O) groups is 1. The Bertz CT molecular complexity index is 970. The van der Waals surface area contributed by atoms with Crippen molar-refractivity contribution in [2.24, 2.45) is 11.3 Å². The lowest BCUT2D eigenvalue weighted by atomic mass is 9.69. The lowest BCUT2D eigenvalue weighted by Crippen LogP contribution is -2.28. The number of nitriles is 1. The minimum absolute atomic E-state index is 0.00332. The fourth-order valence-corrected chi connectivity index (χ4v) is 5.13. The molecule has 0 radical (unpaired) electrons. The topological polar surface area (TPSA) is 96.0 Å². The molecule has 1 heterocycles. The second-order valence-electron chi connectivity index (χ2n) is 8.25. The van der Waals surface area contributed by atoms with Gasteiger partial charge in [-0.05, 0) is 41.7 Å². The summed E-state index contributed by atoms with van der Waals surface area (Å²) in [6, 6.07) is 8.23. The molecule has 1 aliphatic carbocycles. The molecule has 1 aromatic heterocycles. The minimum Gasteiger partial charge on any atom is -0.316 e. The van der Waals surface area contributed by atoms with Crippen molar-refractivity contribution in [3.8, 4) is 6.07 Å². The molecule has 0 saturated heterocycles. The fourth-order valence-electron chi connectivity index (χ4n) is 3.84. The molecule has 0 bridgehead atoms. The van der Waals surface area contributed by atoms with Gasteiger partial charge in [0.1, 0.15) is 11.1 Å². The number of nitro benzene ring substituents is 1. The molecule has 1 N–H and O–H groups in total. The van der Waals surface area contributed by atoms with E-state index in [2.05, 4.69) is 32.2 Å². The van der Waals surface area contributed by atoms with E-state index in [4.69, 9.17) is 0 Å². The Morgan fingerprint density at radius 2 is 2.07 bits per heavy atom. The average molecular weight is 412 g/mol. The van der Waals surface area contributed by atoms with Crippen LogP contribution in [-0.4, -0.2) is 10.8 Å². The van der Waals surface area contributed by atoms with E-state index in [0.29, 0.717) is 22.0 Å². The number of non-ortho nitro benzene ring substituents is 1. The molecule has 1 aliphatic rings. The quantitative estimate of drug-likeness (QED) is 0.518. The van der Waals surface area contributed by atoms with Crippen LogP contribution < -0.4 is 5.32 Å². The Morgan fingerprint density at radius 3 is 2.66 bits per heavy atom. The first kappa shape index (κ1) is 21.0. The highest BCUT2D eigenvalue weighted by Gasteiger charge is 2.34.